The van der Waals surface area contributed by atoms with Gasteiger partial charge in [-0.3, -0.25) is 4.79 Å². The Balaban J connectivity index is 2.09. The normalized spacial score (nSPS) is 27.4. The first-order valence-corrected chi connectivity index (χ1v) is 7.65. The van der Waals surface area contributed by atoms with E-state index in [1.807, 2.05) is 5.38 Å². The monoisotopic (exact) mass is 283 g/mol. The Morgan fingerprint density at radius 3 is 2.84 bits per heavy atom. The summed E-state index contributed by atoms with van der Waals surface area (Å²) in [5.41, 5.74) is 0.635. The highest BCUT2D eigenvalue weighted by atomic mass is 32.1. The maximum Gasteiger partial charge on any atom is 0.303 e. The van der Waals surface area contributed by atoms with Crippen LogP contribution in [0.5, 0.6) is 0 Å². The summed E-state index contributed by atoms with van der Waals surface area (Å²) in [6.45, 7) is 2.28. The third-order valence-corrected chi connectivity index (χ3v) is 5.09. The average molecular weight is 283 g/mol. The van der Waals surface area contributed by atoms with Crippen LogP contribution in [0.1, 0.15) is 49.7 Å². The predicted octanol–water partition coefficient (Wildman–Crippen LogP) is 3.21. The Bertz CT molecular complexity index is 436. The molecule has 0 spiro atoms. The molecule has 106 valence electrons. The van der Waals surface area contributed by atoms with E-state index in [1.54, 1.807) is 18.4 Å². The highest BCUT2D eigenvalue weighted by molar-refractivity contribution is 7.09. The van der Waals surface area contributed by atoms with Gasteiger partial charge in [0.15, 0.2) is 0 Å². The number of hydrogen-bond acceptors (Lipinski definition) is 4. The van der Waals surface area contributed by atoms with E-state index >= 15 is 0 Å². The third-order valence-electron chi connectivity index (χ3n) is 4.01. The van der Waals surface area contributed by atoms with Crippen LogP contribution in [0, 0.1) is 5.92 Å². The van der Waals surface area contributed by atoms with Crippen LogP contribution in [-0.2, 0) is 21.6 Å². The number of aliphatic carboxylic acids is 1. The minimum atomic E-state index is -0.775. The van der Waals surface area contributed by atoms with E-state index in [1.165, 1.54) is 0 Å². The van der Waals surface area contributed by atoms with Crippen molar-refractivity contribution in [1.82, 2.24) is 4.98 Å². The molecule has 1 aromatic heterocycles. The number of thiazole rings is 1. The van der Waals surface area contributed by atoms with Crippen LogP contribution in [0.15, 0.2) is 5.38 Å². The molecule has 0 amide bonds. The second kappa shape index (κ2) is 6.01. The van der Waals surface area contributed by atoms with Crippen molar-refractivity contribution < 1.29 is 14.6 Å². The Labute approximate surface area is 117 Å². The van der Waals surface area contributed by atoms with E-state index in [0.29, 0.717) is 6.42 Å². The van der Waals surface area contributed by atoms with Gasteiger partial charge < -0.3 is 9.84 Å². The Morgan fingerprint density at radius 1 is 1.58 bits per heavy atom. The van der Waals surface area contributed by atoms with E-state index in [4.69, 9.17) is 9.84 Å². The summed E-state index contributed by atoms with van der Waals surface area (Å²) in [4.78, 5) is 15.2. The van der Waals surface area contributed by atoms with E-state index in [-0.39, 0.29) is 12.0 Å². The molecular formula is C14H21NO3S. The zero-order chi connectivity index (χ0) is 13.9. The highest BCUT2D eigenvalue weighted by Gasteiger charge is 2.38. The van der Waals surface area contributed by atoms with Crippen LogP contribution in [0.4, 0.5) is 0 Å². The molecule has 1 saturated carbocycles. The van der Waals surface area contributed by atoms with E-state index < -0.39 is 5.97 Å². The molecular weight excluding hydrogens is 262 g/mol. The lowest BCUT2D eigenvalue weighted by Gasteiger charge is -2.36. The molecule has 1 heterocycles. The molecule has 1 aliphatic carbocycles. The SMILES string of the molecule is COC1(c2nc(CCC(=O)O)cs2)CCC(C)CC1. The van der Waals surface area contributed by atoms with Crippen LogP contribution < -0.4 is 0 Å². The molecule has 1 N–H and O–H groups in total. The third kappa shape index (κ3) is 3.34. The van der Waals surface area contributed by atoms with Crippen LogP contribution >= 0.6 is 11.3 Å². The zero-order valence-electron chi connectivity index (χ0n) is 11.5. The van der Waals surface area contributed by atoms with Gasteiger partial charge >= 0.3 is 5.97 Å². The summed E-state index contributed by atoms with van der Waals surface area (Å²) in [5.74, 6) is -0.0165. The number of rotatable bonds is 5. The van der Waals surface area contributed by atoms with Crippen molar-refractivity contribution in [1.29, 1.82) is 0 Å². The minimum Gasteiger partial charge on any atom is -0.481 e. The molecule has 0 atom stereocenters. The summed E-state index contributed by atoms with van der Waals surface area (Å²) in [5, 5.41) is 11.7. The molecule has 0 aliphatic heterocycles. The van der Waals surface area contributed by atoms with Gasteiger partial charge in [-0.1, -0.05) is 6.92 Å². The van der Waals surface area contributed by atoms with Gasteiger partial charge in [-0.15, -0.1) is 11.3 Å². The number of nitrogens with zero attached hydrogens (tertiary/aromatic N) is 1. The molecule has 0 radical (unpaired) electrons. The average Bonchev–Trinajstić information content (AvgIpc) is 2.87. The number of methoxy groups -OCH3 is 1. The molecule has 1 fully saturated rings. The van der Waals surface area contributed by atoms with Gasteiger partial charge in [0.2, 0.25) is 0 Å². The highest BCUT2D eigenvalue weighted by Crippen LogP contribution is 2.43. The number of carboxylic acids is 1. The first-order chi connectivity index (χ1) is 9.05. The maximum absolute atomic E-state index is 10.6. The molecule has 5 heteroatoms. The first kappa shape index (κ1) is 14.5. The number of aryl methyl sites for hydroxylation is 1. The second-order valence-corrected chi connectivity index (χ2v) is 6.28. The summed E-state index contributed by atoms with van der Waals surface area (Å²) in [7, 11) is 1.76. The van der Waals surface area contributed by atoms with Crippen LogP contribution in [0.25, 0.3) is 0 Å². The van der Waals surface area contributed by atoms with Crippen LogP contribution in [0.2, 0.25) is 0 Å². The van der Waals surface area contributed by atoms with Gasteiger partial charge in [0.25, 0.3) is 0 Å². The van der Waals surface area contributed by atoms with Gasteiger partial charge in [0.05, 0.1) is 12.1 Å². The number of ether oxygens (including phenoxy) is 1. The molecule has 1 aliphatic rings. The van der Waals surface area contributed by atoms with Gasteiger partial charge in [-0.05, 0) is 31.6 Å². The van der Waals surface area contributed by atoms with Gasteiger partial charge in [0, 0.05) is 18.9 Å². The summed E-state index contributed by atoms with van der Waals surface area (Å²) in [6, 6.07) is 0. The van der Waals surface area contributed by atoms with E-state index in [0.717, 1.165) is 42.3 Å². The number of aromatic nitrogens is 1. The Kier molecular flexibility index (Phi) is 4.58. The predicted molar refractivity (Wildman–Crippen MR) is 74.4 cm³/mol. The fourth-order valence-corrected chi connectivity index (χ4v) is 3.69. The fraction of sp³-hybridized carbons (Fsp3) is 0.714. The lowest BCUT2D eigenvalue weighted by molar-refractivity contribution is -0.136. The summed E-state index contributed by atoms with van der Waals surface area (Å²) < 4.78 is 5.78. The standard InChI is InChI=1S/C14H21NO3S/c1-10-5-7-14(18-2,8-6-10)13-15-11(9-19-13)3-4-12(16)17/h9-10H,3-8H2,1-2H3,(H,16,17). The minimum absolute atomic E-state index is 0.139. The largest absolute Gasteiger partial charge is 0.481 e. The van der Waals surface area contributed by atoms with Crippen molar-refractivity contribution in [3.05, 3.63) is 16.1 Å². The first-order valence-electron chi connectivity index (χ1n) is 6.77. The lowest BCUT2D eigenvalue weighted by atomic mass is 9.80. The number of hydrogen-bond donors (Lipinski definition) is 1. The fourth-order valence-electron chi connectivity index (χ4n) is 2.60. The molecule has 0 saturated heterocycles. The number of carbonyl (C=O) groups is 1. The van der Waals surface area contributed by atoms with Gasteiger partial charge in [0.1, 0.15) is 10.6 Å². The Morgan fingerprint density at radius 2 is 2.26 bits per heavy atom. The van der Waals surface area contributed by atoms with Crippen molar-refractivity contribution in [2.75, 3.05) is 7.11 Å². The van der Waals surface area contributed by atoms with Crippen LogP contribution in [-0.4, -0.2) is 23.2 Å². The molecule has 2 rings (SSSR count). The molecule has 0 bridgehead atoms. The lowest BCUT2D eigenvalue weighted by Crippen LogP contribution is -2.33. The second-order valence-electron chi connectivity index (χ2n) is 5.42. The molecule has 4 nitrogen and oxygen atoms in total. The number of carboxylic acid groups (broad SMARTS) is 1. The topological polar surface area (TPSA) is 59.4 Å². The van der Waals surface area contributed by atoms with Crippen molar-refractivity contribution in [2.45, 2.75) is 51.0 Å². The van der Waals surface area contributed by atoms with Gasteiger partial charge in [-0.25, -0.2) is 4.98 Å². The van der Waals surface area contributed by atoms with Gasteiger partial charge in [-0.2, -0.15) is 0 Å². The quantitative estimate of drug-likeness (QED) is 0.901. The molecule has 0 aromatic carbocycles. The smallest absolute Gasteiger partial charge is 0.303 e. The maximum atomic E-state index is 10.6. The van der Waals surface area contributed by atoms with E-state index in [2.05, 4.69) is 11.9 Å². The van der Waals surface area contributed by atoms with E-state index in [9.17, 15) is 4.79 Å². The van der Waals surface area contributed by atoms with Crippen molar-refractivity contribution >= 4 is 17.3 Å². The summed E-state index contributed by atoms with van der Waals surface area (Å²) in [6.07, 6.45) is 4.99. The molecule has 19 heavy (non-hydrogen) atoms. The van der Waals surface area contributed by atoms with Crippen molar-refractivity contribution in [3.8, 4) is 0 Å². The Hall–Kier alpha value is -0.940. The van der Waals surface area contributed by atoms with Crippen molar-refractivity contribution in [2.24, 2.45) is 5.92 Å². The molecule has 1 aromatic rings. The summed E-state index contributed by atoms with van der Waals surface area (Å²) >= 11 is 1.60. The molecule has 0 unspecified atom stereocenters. The van der Waals surface area contributed by atoms with Crippen molar-refractivity contribution in [3.63, 3.8) is 0 Å². The van der Waals surface area contributed by atoms with Crippen LogP contribution in [0.3, 0.4) is 0 Å². The zero-order valence-corrected chi connectivity index (χ0v) is 12.3.